The van der Waals surface area contributed by atoms with Crippen LogP contribution >= 0.6 is 11.6 Å². The van der Waals surface area contributed by atoms with Gasteiger partial charge in [-0.1, -0.05) is 36.4 Å². The maximum Gasteiger partial charge on any atom is 0.245 e. The van der Waals surface area contributed by atoms with Gasteiger partial charge in [0.1, 0.15) is 17.5 Å². The Morgan fingerprint density at radius 3 is 2.83 bits per heavy atom. The molecule has 1 N–H and O–H groups in total. The van der Waals surface area contributed by atoms with E-state index in [0.29, 0.717) is 29.5 Å². The van der Waals surface area contributed by atoms with Gasteiger partial charge >= 0.3 is 0 Å². The van der Waals surface area contributed by atoms with Gasteiger partial charge in [0.25, 0.3) is 0 Å². The number of H-pyrrole nitrogens is 1. The van der Waals surface area contributed by atoms with Crippen molar-refractivity contribution < 1.29 is 4.79 Å². The van der Waals surface area contributed by atoms with E-state index >= 15 is 0 Å². The highest BCUT2D eigenvalue weighted by Gasteiger charge is 2.49. The number of nitrogens with zero attached hydrogens (tertiary/aromatic N) is 5. The third-order valence-corrected chi connectivity index (χ3v) is 7.85. The summed E-state index contributed by atoms with van der Waals surface area (Å²) in [6, 6.07) is 12.3. The topological polar surface area (TPSA) is 88.9 Å². The lowest BCUT2D eigenvalue weighted by atomic mass is 9.79. The van der Waals surface area contributed by atoms with Gasteiger partial charge in [-0.25, -0.2) is 4.98 Å². The average Bonchev–Trinajstić information content (AvgIpc) is 3.50. The molecule has 1 amide bonds. The fourth-order valence-electron chi connectivity index (χ4n) is 5.70. The van der Waals surface area contributed by atoms with Gasteiger partial charge in [0, 0.05) is 53.0 Å². The van der Waals surface area contributed by atoms with E-state index in [-0.39, 0.29) is 11.3 Å². The Bertz CT molecular complexity index is 1580. The summed E-state index contributed by atoms with van der Waals surface area (Å²) in [6.45, 7) is 8.53. The molecule has 2 aliphatic heterocycles. The highest BCUT2D eigenvalue weighted by atomic mass is 35.5. The maximum atomic E-state index is 12.0. The van der Waals surface area contributed by atoms with Crippen LogP contribution in [0.2, 0.25) is 5.02 Å². The van der Waals surface area contributed by atoms with Gasteiger partial charge in [-0.15, -0.1) is 0 Å². The molecule has 4 aromatic rings. The van der Waals surface area contributed by atoms with Crippen molar-refractivity contribution >= 4 is 45.1 Å². The third kappa shape index (κ3) is 3.21. The Balaban J connectivity index is 1.53. The molecule has 1 spiro atoms. The zero-order chi connectivity index (χ0) is 24.3. The van der Waals surface area contributed by atoms with E-state index < -0.39 is 0 Å². The number of amides is 1. The van der Waals surface area contributed by atoms with Crippen molar-refractivity contribution in [1.82, 2.24) is 20.1 Å². The summed E-state index contributed by atoms with van der Waals surface area (Å²) in [5, 5.41) is 20.2. The molecule has 2 aliphatic rings. The lowest BCUT2D eigenvalue weighted by Gasteiger charge is -2.47. The summed E-state index contributed by atoms with van der Waals surface area (Å²) in [5.74, 6) is 0.654. The zero-order valence-electron chi connectivity index (χ0n) is 19.3. The fourth-order valence-corrected chi connectivity index (χ4v) is 5.90. The number of carbonyl (C=O) groups excluding carboxylic acids is 1. The van der Waals surface area contributed by atoms with Crippen molar-refractivity contribution in [3.63, 3.8) is 0 Å². The molecule has 0 atom stereocenters. The maximum absolute atomic E-state index is 12.0. The van der Waals surface area contributed by atoms with Crippen LogP contribution in [0.25, 0.3) is 32.9 Å². The van der Waals surface area contributed by atoms with Crippen LogP contribution in [0.5, 0.6) is 0 Å². The van der Waals surface area contributed by atoms with E-state index in [2.05, 4.69) is 27.7 Å². The molecule has 0 saturated carbocycles. The molecule has 4 heterocycles. The van der Waals surface area contributed by atoms with E-state index in [1.165, 1.54) is 6.08 Å². The molecule has 2 fully saturated rings. The van der Waals surface area contributed by atoms with Crippen molar-refractivity contribution in [1.29, 1.82) is 5.26 Å². The minimum Gasteiger partial charge on any atom is -0.355 e. The second-order valence-electron chi connectivity index (χ2n) is 9.57. The Morgan fingerprint density at radius 1 is 1.26 bits per heavy atom. The number of nitriles is 1. The van der Waals surface area contributed by atoms with E-state index in [1.54, 1.807) is 6.20 Å². The van der Waals surface area contributed by atoms with Crippen LogP contribution in [-0.4, -0.2) is 52.2 Å². The van der Waals surface area contributed by atoms with Crippen LogP contribution < -0.4 is 4.90 Å². The first-order chi connectivity index (χ1) is 16.9. The van der Waals surface area contributed by atoms with Crippen LogP contribution in [0.4, 0.5) is 5.82 Å². The Morgan fingerprint density at radius 2 is 2.06 bits per heavy atom. The molecule has 174 valence electrons. The van der Waals surface area contributed by atoms with Crippen molar-refractivity contribution in [3.8, 4) is 17.2 Å². The van der Waals surface area contributed by atoms with Crippen molar-refractivity contribution in [2.75, 3.05) is 31.1 Å². The smallest absolute Gasteiger partial charge is 0.245 e. The van der Waals surface area contributed by atoms with Gasteiger partial charge < -0.3 is 9.80 Å². The first-order valence-electron chi connectivity index (χ1n) is 11.6. The molecule has 0 unspecified atom stereocenters. The van der Waals surface area contributed by atoms with Gasteiger partial charge in [0.15, 0.2) is 0 Å². The third-order valence-electron chi connectivity index (χ3n) is 7.45. The number of aromatic nitrogens is 3. The summed E-state index contributed by atoms with van der Waals surface area (Å²) in [5.41, 5.74) is 4.84. The Labute approximate surface area is 207 Å². The average molecular weight is 483 g/mol. The molecule has 0 aliphatic carbocycles. The minimum absolute atomic E-state index is 0.0292. The van der Waals surface area contributed by atoms with Gasteiger partial charge in [-0.2, -0.15) is 10.4 Å². The number of aromatic amines is 1. The summed E-state index contributed by atoms with van der Waals surface area (Å²) in [7, 11) is 0. The highest BCUT2D eigenvalue weighted by molar-refractivity contribution is 6.33. The molecule has 2 aromatic heterocycles. The number of likely N-dealkylation sites (tertiary alicyclic amines) is 1. The number of carbonyl (C=O) groups is 1. The number of fused-ring (bicyclic) bond motifs is 2. The number of pyridine rings is 1. The number of hydrogen-bond donors (Lipinski definition) is 1. The van der Waals surface area contributed by atoms with E-state index in [1.807, 2.05) is 42.2 Å². The Kier molecular flexibility index (Phi) is 4.83. The van der Waals surface area contributed by atoms with Crippen LogP contribution in [0.15, 0.2) is 49.2 Å². The van der Waals surface area contributed by atoms with Crippen LogP contribution in [0.1, 0.15) is 17.5 Å². The molecule has 0 bridgehead atoms. The molecule has 2 aromatic carbocycles. The predicted octanol–water partition coefficient (Wildman–Crippen LogP) is 4.84. The van der Waals surface area contributed by atoms with E-state index in [4.69, 9.17) is 16.6 Å². The first kappa shape index (κ1) is 21.6. The van der Waals surface area contributed by atoms with Crippen molar-refractivity contribution in [3.05, 3.63) is 65.3 Å². The lowest BCUT2D eigenvalue weighted by Crippen LogP contribution is -2.59. The van der Waals surface area contributed by atoms with Crippen molar-refractivity contribution in [2.24, 2.45) is 5.41 Å². The van der Waals surface area contributed by atoms with Gasteiger partial charge in [0.05, 0.1) is 17.2 Å². The zero-order valence-corrected chi connectivity index (χ0v) is 20.1. The largest absolute Gasteiger partial charge is 0.355 e. The molecular weight excluding hydrogens is 460 g/mol. The number of anilines is 1. The molecular formula is C27H23ClN6O. The lowest BCUT2D eigenvalue weighted by molar-refractivity contribution is -0.136. The van der Waals surface area contributed by atoms with Gasteiger partial charge in [0.2, 0.25) is 5.91 Å². The molecule has 6 rings (SSSR count). The summed E-state index contributed by atoms with van der Waals surface area (Å²) >= 11 is 6.63. The van der Waals surface area contributed by atoms with Gasteiger partial charge in [-0.05, 0) is 42.7 Å². The monoisotopic (exact) mass is 482 g/mol. The second kappa shape index (κ2) is 7.82. The summed E-state index contributed by atoms with van der Waals surface area (Å²) < 4.78 is 0. The molecule has 0 radical (unpaired) electrons. The highest BCUT2D eigenvalue weighted by Crippen LogP contribution is 2.46. The van der Waals surface area contributed by atoms with Crippen LogP contribution in [-0.2, 0) is 4.79 Å². The number of para-hydroxylation sites is 1. The quantitative estimate of drug-likeness (QED) is 0.422. The molecule has 35 heavy (non-hydrogen) atoms. The number of rotatable bonds is 3. The molecule has 2 saturated heterocycles. The second-order valence-corrected chi connectivity index (χ2v) is 9.98. The number of halogens is 1. The number of nitrogens with one attached hydrogen (secondary N) is 1. The van der Waals surface area contributed by atoms with Crippen molar-refractivity contribution in [2.45, 2.75) is 13.3 Å². The number of hydrogen-bond acceptors (Lipinski definition) is 5. The Hall–Kier alpha value is -3.89. The van der Waals surface area contributed by atoms with Crippen LogP contribution in [0, 0.1) is 23.7 Å². The summed E-state index contributed by atoms with van der Waals surface area (Å²) in [4.78, 5) is 21.0. The summed E-state index contributed by atoms with van der Waals surface area (Å²) in [6.07, 6.45) is 4.10. The normalized spacial score (nSPS) is 16.6. The number of benzene rings is 2. The van der Waals surface area contributed by atoms with E-state index in [0.717, 1.165) is 58.0 Å². The van der Waals surface area contributed by atoms with Gasteiger partial charge in [-0.3, -0.25) is 9.89 Å². The van der Waals surface area contributed by atoms with Crippen LogP contribution in [0.3, 0.4) is 0 Å². The standard InChI is InChI=1S/C27H23ClN6O/c1-3-23(35)34-14-27(15-34)8-9-33(13-27)26-18(11-29)25(17-6-4-5-7-21(17)31-26)24-16(2)20(28)10-22-19(24)12-30-32-22/h3-7,10,12H,1,8-9,13-15H2,2H3,(H,30,32). The molecule has 8 heteroatoms. The SMILES string of the molecule is C=CC(=O)N1CC2(CCN(c3nc4ccccc4c(-c4c(C)c(Cl)cc5[nH]ncc45)c3C#N)C2)C1. The predicted molar refractivity (Wildman–Crippen MR) is 137 cm³/mol. The fraction of sp³-hybridized carbons (Fsp3) is 0.259. The minimum atomic E-state index is -0.0292. The molecule has 7 nitrogen and oxygen atoms in total. The first-order valence-corrected chi connectivity index (χ1v) is 11.9. The van der Waals surface area contributed by atoms with E-state index in [9.17, 15) is 10.1 Å².